The van der Waals surface area contributed by atoms with Crippen LogP contribution in [0.4, 0.5) is 0 Å². The Kier molecular flexibility index (Phi) is 7.95. The van der Waals surface area contributed by atoms with E-state index in [9.17, 15) is 4.79 Å². The highest BCUT2D eigenvalue weighted by atomic mass is 35.5. The summed E-state index contributed by atoms with van der Waals surface area (Å²) in [6, 6.07) is 8.37. The van der Waals surface area contributed by atoms with E-state index in [1.54, 1.807) is 14.2 Å². The molecule has 0 radical (unpaired) electrons. The Labute approximate surface area is 169 Å². The Bertz CT molecular complexity index is 594. The van der Waals surface area contributed by atoms with Gasteiger partial charge in [-0.15, -0.1) is 12.4 Å². The van der Waals surface area contributed by atoms with Crippen LogP contribution in [0.1, 0.15) is 50.5 Å². The zero-order valence-electron chi connectivity index (χ0n) is 16.5. The fourth-order valence-electron chi connectivity index (χ4n) is 4.51. The molecule has 2 fully saturated rings. The number of hydrogen-bond acceptors (Lipinski definition) is 4. The van der Waals surface area contributed by atoms with Crippen LogP contribution in [-0.2, 0) is 14.9 Å². The molecule has 1 aromatic rings. The summed E-state index contributed by atoms with van der Waals surface area (Å²) in [6.07, 6.45) is 7.38. The first-order chi connectivity index (χ1) is 12.6. The van der Waals surface area contributed by atoms with E-state index in [0.29, 0.717) is 6.54 Å². The summed E-state index contributed by atoms with van der Waals surface area (Å²) in [5.74, 6) is 0.914. The minimum absolute atomic E-state index is 0. The summed E-state index contributed by atoms with van der Waals surface area (Å²) < 4.78 is 11.0. The molecule has 1 heterocycles. The molecule has 0 bridgehead atoms. The van der Waals surface area contributed by atoms with Gasteiger partial charge in [-0.05, 0) is 56.5 Å². The molecule has 6 heteroatoms. The largest absolute Gasteiger partial charge is 0.497 e. The van der Waals surface area contributed by atoms with Gasteiger partial charge in [-0.1, -0.05) is 31.4 Å². The lowest BCUT2D eigenvalue weighted by molar-refractivity contribution is -0.147. The second-order valence-electron chi connectivity index (χ2n) is 7.70. The molecule has 1 saturated carbocycles. The minimum Gasteiger partial charge on any atom is -0.497 e. The number of methoxy groups -OCH3 is 2. The van der Waals surface area contributed by atoms with Crippen molar-refractivity contribution in [1.29, 1.82) is 0 Å². The van der Waals surface area contributed by atoms with Crippen LogP contribution >= 0.6 is 12.4 Å². The summed E-state index contributed by atoms with van der Waals surface area (Å²) in [7, 11) is 3.35. The smallest absolute Gasteiger partial charge is 0.252 e. The van der Waals surface area contributed by atoms with E-state index in [2.05, 4.69) is 22.8 Å². The molecule has 3 rings (SSSR count). The van der Waals surface area contributed by atoms with Crippen molar-refractivity contribution in [1.82, 2.24) is 10.6 Å². The third kappa shape index (κ3) is 4.76. The molecule has 2 aliphatic rings. The van der Waals surface area contributed by atoms with Crippen molar-refractivity contribution in [2.24, 2.45) is 0 Å². The summed E-state index contributed by atoms with van der Waals surface area (Å²) >= 11 is 0. The minimum atomic E-state index is -0.680. The number of ether oxygens (including phenoxy) is 2. The zero-order chi connectivity index (χ0) is 18.5. The number of carbonyl (C=O) groups excluding carboxylic acids is 1. The molecule has 152 valence electrons. The maximum Gasteiger partial charge on any atom is 0.252 e. The van der Waals surface area contributed by atoms with Gasteiger partial charge < -0.3 is 20.1 Å². The monoisotopic (exact) mass is 396 g/mol. The number of piperidine rings is 1. The van der Waals surface area contributed by atoms with Gasteiger partial charge in [-0.25, -0.2) is 0 Å². The lowest BCUT2D eigenvalue weighted by Crippen LogP contribution is -2.56. The van der Waals surface area contributed by atoms with Crippen molar-refractivity contribution >= 4 is 18.3 Å². The molecular formula is C21H33ClN2O3. The summed E-state index contributed by atoms with van der Waals surface area (Å²) in [6.45, 7) is 2.33. The van der Waals surface area contributed by atoms with Crippen molar-refractivity contribution < 1.29 is 14.3 Å². The predicted molar refractivity (Wildman–Crippen MR) is 110 cm³/mol. The van der Waals surface area contributed by atoms with E-state index in [1.165, 1.54) is 24.8 Å². The van der Waals surface area contributed by atoms with Gasteiger partial charge >= 0.3 is 0 Å². The van der Waals surface area contributed by atoms with Crippen LogP contribution in [0, 0.1) is 0 Å². The number of carbonyl (C=O) groups is 1. The SMILES string of the molecule is COc1ccc(C2(CNC(=O)C3(OC)CCNCC3)CCCCC2)cc1.Cl. The molecule has 0 spiro atoms. The number of amides is 1. The van der Waals surface area contributed by atoms with Crippen molar-refractivity contribution in [2.75, 3.05) is 33.9 Å². The normalized spacial score (nSPS) is 21.0. The van der Waals surface area contributed by atoms with Gasteiger partial charge in [0.2, 0.25) is 0 Å². The van der Waals surface area contributed by atoms with Gasteiger partial charge in [0.05, 0.1) is 7.11 Å². The Morgan fingerprint density at radius 3 is 2.22 bits per heavy atom. The lowest BCUT2D eigenvalue weighted by Gasteiger charge is -2.40. The Morgan fingerprint density at radius 2 is 1.67 bits per heavy atom. The Morgan fingerprint density at radius 1 is 1.04 bits per heavy atom. The third-order valence-electron chi connectivity index (χ3n) is 6.32. The second kappa shape index (κ2) is 9.76. The molecule has 0 aromatic heterocycles. The first-order valence-electron chi connectivity index (χ1n) is 9.83. The first kappa shape index (κ1) is 22.0. The number of halogens is 1. The highest BCUT2D eigenvalue weighted by Gasteiger charge is 2.41. The Balaban J connectivity index is 0.00000261. The van der Waals surface area contributed by atoms with Gasteiger partial charge in [0.15, 0.2) is 0 Å². The van der Waals surface area contributed by atoms with Crippen LogP contribution in [0.3, 0.4) is 0 Å². The molecule has 1 aromatic carbocycles. The predicted octanol–water partition coefficient (Wildman–Crippen LogP) is 3.20. The van der Waals surface area contributed by atoms with E-state index in [-0.39, 0.29) is 23.7 Å². The molecule has 1 aliphatic carbocycles. The molecule has 27 heavy (non-hydrogen) atoms. The quantitative estimate of drug-likeness (QED) is 0.775. The van der Waals surface area contributed by atoms with Crippen LogP contribution in [0.2, 0.25) is 0 Å². The molecule has 1 amide bonds. The molecule has 0 atom stereocenters. The fourth-order valence-corrected chi connectivity index (χ4v) is 4.51. The van der Waals surface area contributed by atoms with Crippen molar-refractivity contribution in [3.05, 3.63) is 29.8 Å². The molecule has 0 unspecified atom stereocenters. The fraction of sp³-hybridized carbons (Fsp3) is 0.667. The average molecular weight is 397 g/mol. The summed E-state index contributed by atoms with van der Waals surface area (Å²) in [5, 5.41) is 6.57. The van der Waals surface area contributed by atoms with E-state index in [1.807, 2.05) is 12.1 Å². The molecule has 1 aliphatic heterocycles. The van der Waals surface area contributed by atoms with E-state index in [0.717, 1.165) is 44.5 Å². The maximum absolute atomic E-state index is 13.0. The van der Waals surface area contributed by atoms with Crippen LogP contribution < -0.4 is 15.4 Å². The van der Waals surface area contributed by atoms with Gasteiger partial charge in [0.25, 0.3) is 5.91 Å². The molecule has 2 N–H and O–H groups in total. The number of rotatable bonds is 6. The second-order valence-corrected chi connectivity index (χ2v) is 7.70. The van der Waals surface area contributed by atoms with E-state index < -0.39 is 5.60 Å². The van der Waals surface area contributed by atoms with Crippen LogP contribution in [-0.4, -0.2) is 45.4 Å². The third-order valence-corrected chi connectivity index (χ3v) is 6.32. The number of benzene rings is 1. The first-order valence-corrected chi connectivity index (χ1v) is 9.83. The number of hydrogen-bond donors (Lipinski definition) is 2. The molecule has 5 nitrogen and oxygen atoms in total. The average Bonchev–Trinajstić information content (AvgIpc) is 2.73. The summed E-state index contributed by atoms with van der Waals surface area (Å²) in [5.41, 5.74) is 0.637. The van der Waals surface area contributed by atoms with Crippen molar-refractivity contribution in [3.63, 3.8) is 0 Å². The van der Waals surface area contributed by atoms with Gasteiger partial charge in [0, 0.05) is 19.1 Å². The topological polar surface area (TPSA) is 59.6 Å². The van der Waals surface area contributed by atoms with Crippen LogP contribution in [0.15, 0.2) is 24.3 Å². The highest BCUT2D eigenvalue weighted by molar-refractivity contribution is 5.85. The van der Waals surface area contributed by atoms with Crippen molar-refractivity contribution in [3.8, 4) is 5.75 Å². The van der Waals surface area contributed by atoms with Gasteiger partial charge in [-0.3, -0.25) is 4.79 Å². The maximum atomic E-state index is 13.0. The van der Waals surface area contributed by atoms with E-state index in [4.69, 9.17) is 9.47 Å². The highest BCUT2D eigenvalue weighted by Crippen LogP contribution is 2.39. The molecular weight excluding hydrogens is 364 g/mol. The van der Waals surface area contributed by atoms with Gasteiger partial charge in [-0.2, -0.15) is 0 Å². The van der Waals surface area contributed by atoms with E-state index >= 15 is 0 Å². The standard InChI is InChI=1S/C21H32N2O3.ClH/c1-25-18-8-6-17(7-9-18)20(10-4-3-5-11-20)16-23-19(24)21(26-2)12-14-22-15-13-21;/h6-9,22H,3-5,10-16H2,1-2H3,(H,23,24);1H. The molecule has 1 saturated heterocycles. The number of nitrogens with one attached hydrogen (secondary N) is 2. The zero-order valence-corrected chi connectivity index (χ0v) is 17.3. The van der Waals surface area contributed by atoms with Crippen LogP contribution in [0.5, 0.6) is 5.75 Å². The Hall–Kier alpha value is -1.30. The van der Waals surface area contributed by atoms with Crippen molar-refractivity contribution in [2.45, 2.75) is 56.0 Å². The van der Waals surface area contributed by atoms with Gasteiger partial charge in [0.1, 0.15) is 11.4 Å². The van der Waals surface area contributed by atoms with Crippen LogP contribution in [0.25, 0.3) is 0 Å². The lowest BCUT2D eigenvalue weighted by atomic mass is 9.69. The summed E-state index contributed by atoms with van der Waals surface area (Å²) in [4.78, 5) is 13.0.